The highest BCUT2D eigenvalue weighted by molar-refractivity contribution is 5.53. The Morgan fingerprint density at radius 3 is 2.57 bits per heavy atom. The zero-order valence-corrected chi connectivity index (χ0v) is 4.86. The highest BCUT2D eigenvalue weighted by atomic mass is 14.8. The van der Waals surface area contributed by atoms with E-state index in [1.807, 2.05) is 14.0 Å². The van der Waals surface area contributed by atoms with Crippen molar-refractivity contribution in [1.29, 1.82) is 5.41 Å². The van der Waals surface area contributed by atoms with Gasteiger partial charge in [0.05, 0.1) is 0 Å². The minimum Gasteiger partial charge on any atom is -0.317 e. The first-order valence-electron chi connectivity index (χ1n) is 2.47. The van der Waals surface area contributed by atoms with Crippen molar-refractivity contribution in [3.8, 4) is 0 Å². The predicted molar refractivity (Wildman–Crippen MR) is 31.9 cm³/mol. The molecule has 1 unspecified atom stereocenters. The first kappa shape index (κ1) is 6.63. The van der Waals surface area contributed by atoms with Crippen LogP contribution in [0.1, 0.15) is 13.3 Å². The van der Waals surface area contributed by atoms with Gasteiger partial charge in [0.2, 0.25) is 0 Å². The molecule has 0 aromatic rings. The average Bonchev–Trinajstić information content (AvgIpc) is 1.68. The molecule has 0 spiro atoms. The van der Waals surface area contributed by atoms with E-state index < -0.39 is 0 Å². The SMILES string of the molecule is CNC(C)CC=N. The summed E-state index contributed by atoms with van der Waals surface area (Å²) in [4.78, 5) is 0. The van der Waals surface area contributed by atoms with Gasteiger partial charge in [-0.05, 0) is 26.6 Å². The molecule has 0 fully saturated rings. The van der Waals surface area contributed by atoms with Crippen LogP contribution in [0.5, 0.6) is 0 Å². The van der Waals surface area contributed by atoms with E-state index in [0.717, 1.165) is 6.42 Å². The molecule has 2 nitrogen and oxygen atoms in total. The molecule has 1 atom stereocenters. The Balaban J connectivity index is 2.98. The molecule has 0 bridgehead atoms. The zero-order chi connectivity index (χ0) is 5.70. The van der Waals surface area contributed by atoms with Crippen molar-refractivity contribution >= 4 is 6.21 Å². The second-order valence-electron chi connectivity index (χ2n) is 1.63. The molecule has 0 aliphatic heterocycles. The van der Waals surface area contributed by atoms with Crippen molar-refractivity contribution in [3.63, 3.8) is 0 Å². The van der Waals surface area contributed by atoms with Crippen LogP contribution >= 0.6 is 0 Å². The van der Waals surface area contributed by atoms with Crippen LogP contribution in [0.15, 0.2) is 0 Å². The van der Waals surface area contributed by atoms with Gasteiger partial charge in [0.25, 0.3) is 0 Å². The number of nitrogens with one attached hydrogen (secondary N) is 2. The second-order valence-corrected chi connectivity index (χ2v) is 1.63. The fourth-order valence-corrected chi connectivity index (χ4v) is 0.295. The molecule has 2 N–H and O–H groups in total. The quantitative estimate of drug-likeness (QED) is 0.501. The molecule has 0 saturated heterocycles. The number of hydrogen-bond acceptors (Lipinski definition) is 2. The Bertz CT molecular complexity index is 52.0. The Hall–Kier alpha value is -0.370. The van der Waals surface area contributed by atoms with Gasteiger partial charge in [0.15, 0.2) is 0 Å². The van der Waals surface area contributed by atoms with Gasteiger partial charge < -0.3 is 10.7 Å². The number of rotatable bonds is 3. The molecule has 42 valence electrons. The van der Waals surface area contributed by atoms with E-state index in [0.29, 0.717) is 6.04 Å². The van der Waals surface area contributed by atoms with Gasteiger partial charge in [0, 0.05) is 6.04 Å². The van der Waals surface area contributed by atoms with E-state index in [2.05, 4.69) is 5.32 Å². The lowest BCUT2D eigenvalue weighted by Gasteiger charge is -2.02. The van der Waals surface area contributed by atoms with Crippen molar-refractivity contribution in [1.82, 2.24) is 5.32 Å². The van der Waals surface area contributed by atoms with E-state index >= 15 is 0 Å². The lowest BCUT2D eigenvalue weighted by Crippen LogP contribution is -2.20. The fraction of sp³-hybridized carbons (Fsp3) is 0.800. The molecule has 0 rings (SSSR count). The van der Waals surface area contributed by atoms with Gasteiger partial charge in [-0.15, -0.1) is 0 Å². The highest BCUT2D eigenvalue weighted by Gasteiger charge is 1.89. The minimum absolute atomic E-state index is 0.456. The van der Waals surface area contributed by atoms with Gasteiger partial charge in [-0.1, -0.05) is 0 Å². The maximum absolute atomic E-state index is 6.67. The van der Waals surface area contributed by atoms with Crippen molar-refractivity contribution in [2.45, 2.75) is 19.4 Å². The van der Waals surface area contributed by atoms with Crippen molar-refractivity contribution < 1.29 is 0 Å². The Kier molecular flexibility index (Phi) is 3.61. The summed E-state index contributed by atoms with van der Waals surface area (Å²) in [6.07, 6.45) is 2.25. The summed E-state index contributed by atoms with van der Waals surface area (Å²) >= 11 is 0. The summed E-state index contributed by atoms with van der Waals surface area (Å²) in [5.41, 5.74) is 0. The van der Waals surface area contributed by atoms with Crippen LogP contribution in [0.25, 0.3) is 0 Å². The normalized spacial score (nSPS) is 13.4. The summed E-state index contributed by atoms with van der Waals surface area (Å²) in [6.45, 7) is 2.05. The van der Waals surface area contributed by atoms with E-state index in [4.69, 9.17) is 5.41 Å². The smallest absolute Gasteiger partial charge is 0.00849 e. The molecule has 7 heavy (non-hydrogen) atoms. The van der Waals surface area contributed by atoms with E-state index in [1.165, 1.54) is 6.21 Å². The molecule has 0 aromatic carbocycles. The molecule has 0 radical (unpaired) electrons. The minimum atomic E-state index is 0.456. The van der Waals surface area contributed by atoms with Gasteiger partial charge in [0.1, 0.15) is 0 Å². The molecule has 0 aliphatic carbocycles. The summed E-state index contributed by atoms with van der Waals surface area (Å²) in [6, 6.07) is 0.456. The van der Waals surface area contributed by atoms with Crippen LogP contribution in [0.4, 0.5) is 0 Å². The predicted octanol–water partition coefficient (Wildman–Crippen LogP) is 0.634. The lowest BCUT2D eigenvalue weighted by atomic mass is 10.3. The van der Waals surface area contributed by atoms with Crippen molar-refractivity contribution in [2.75, 3.05) is 7.05 Å². The van der Waals surface area contributed by atoms with Crippen LogP contribution in [-0.2, 0) is 0 Å². The van der Waals surface area contributed by atoms with Crippen LogP contribution in [0, 0.1) is 5.41 Å². The largest absolute Gasteiger partial charge is 0.317 e. The lowest BCUT2D eigenvalue weighted by molar-refractivity contribution is 0.637. The molecule has 2 heteroatoms. The number of hydrogen-bond donors (Lipinski definition) is 2. The van der Waals surface area contributed by atoms with Crippen LogP contribution in [0.2, 0.25) is 0 Å². The highest BCUT2D eigenvalue weighted by Crippen LogP contribution is 1.81. The first-order valence-corrected chi connectivity index (χ1v) is 2.47. The maximum atomic E-state index is 6.67. The molecule has 0 saturated carbocycles. The monoisotopic (exact) mass is 100 g/mol. The summed E-state index contributed by atoms with van der Waals surface area (Å²) in [5, 5.41) is 9.69. The van der Waals surface area contributed by atoms with Crippen LogP contribution in [0.3, 0.4) is 0 Å². The molecular formula is C5H12N2. The van der Waals surface area contributed by atoms with Crippen LogP contribution in [-0.4, -0.2) is 19.3 Å². The van der Waals surface area contributed by atoms with Gasteiger partial charge in [-0.2, -0.15) is 0 Å². The third-order valence-electron chi connectivity index (χ3n) is 0.964. The third-order valence-corrected chi connectivity index (χ3v) is 0.964. The molecule has 0 aliphatic rings. The average molecular weight is 100 g/mol. The van der Waals surface area contributed by atoms with Crippen molar-refractivity contribution in [2.24, 2.45) is 0 Å². The summed E-state index contributed by atoms with van der Waals surface area (Å²) in [7, 11) is 1.90. The van der Waals surface area contributed by atoms with E-state index in [9.17, 15) is 0 Å². The third kappa shape index (κ3) is 3.46. The topological polar surface area (TPSA) is 35.9 Å². The zero-order valence-electron chi connectivity index (χ0n) is 4.86. The van der Waals surface area contributed by atoms with Gasteiger partial charge in [-0.25, -0.2) is 0 Å². The molecule has 0 aromatic heterocycles. The maximum Gasteiger partial charge on any atom is 0.00849 e. The Labute approximate surface area is 44.4 Å². The van der Waals surface area contributed by atoms with E-state index in [-0.39, 0.29) is 0 Å². The Morgan fingerprint density at radius 2 is 2.43 bits per heavy atom. The fourth-order valence-electron chi connectivity index (χ4n) is 0.295. The molecule has 0 heterocycles. The van der Waals surface area contributed by atoms with Gasteiger partial charge >= 0.3 is 0 Å². The standard InChI is InChI=1S/C5H12N2/c1-5(7-2)3-4-6/h4-7H,3H2,1-2H3. The van der Waals surface area contributed by atoms with Gasteiger partial charge in [-0.3, -0.25) is 0 Å². The summed E-state index contributed by atoms with van der Waals surface area (Å²) < 4.78 is 0. The van der Waals surface area contributed by atoms with E-state index in [1.54, 1.807) is 0 Å². The second kappa shape index (κ2) is 3.81. The van der Waals surface area contributed by atoms with Crippen LogP contribution < -0.4 is 5.32 Å². The Morgan fingerprint density at radius 1 is 1.86 bits per heavy atom. The molecular weight excluding hydrogens is 88.1 g/mol. The summed E-state index contributed by atoms with van der Waals surface area (Å²) in [5.74, 6) is 0. The van der Waals surface area contributed by atoms with Crippen molar-refractivity contribution in [3.05, 3.63) is 0 Å². The first-order chi connectivity index (χ1) is 3.31. The molecule has 0 amide bonds.